The number of halogens is 1. The highest BCUT2D eigenvalue weighted by molar-refractivity contribution is 7.17. The van der Waals surface area contributed by atoms with Gasteiger partial charge in [0.15, 0.2) is 6.20 Å². The summed E-state index contributed by atoms with van der Waals surface area (Å²) in [6.07, 6.45) is 2.02. The van der Waals surface area contributed by atoms with Crippen molar-refractivity contribution in [1.29, 1.82) is 0 Å². The molecule has 0 aliphatic heterocycles. The molecule has 94 valence electrons. The lowest BCUT2D eigenvalue weighted by Crippen LogP contribution is -3.00. The third-order valence-corrected chi connectivity index (χ3v) is 4.32. The molecule has 3 nitrogen and oxygen atoms in total. The number of pyridine rings is 1. The van der Waals surface area contributed by atoms with Crippen LogP contribution in [0.1, 0.15) is 0 Å². The van der Waals surface area contributed by atoms with E-state index in [1.54, 1.807) is 22.7 Å². The van der Waals surface area contributed by atoms with Crippen LogP contribution in [0, 0.1) is 0 Å². The summed E-state index contributed by atoms with van der Waals surface area (Å²) in [5.41, 5.74) is 1.09. The van der Waals surface area contributed by atoms with Crippen LogP contribution < -0.4 is 21.5 Å². The van der Waals surface area contributed by atoms with E-state index in [-0.39, 0.29) is 29.5 Å². The van der Waals surface area contributed by atoms with Crippen molar-refractivity contribution in [1.82, 2.24) is 0 Å². The van der Waals surface area contributed by atoms with Crippen molar-refractivity contribution in [3.63, 3.8) is 0 Å². The summed E-state index contributed by atoms with van der Waals surface area (Å²) < 4.78 is 7.87. The molecule has 0 aliphatic carbocycles. The standard InChI is InChI=1S/C12H10NO2S2.BrH/c1-15-12(14)5-13-4-11-8(2-3-17-11)9-6-16-7-10(9)13;/h2-4,6-7H,5H2,1H3;1H/q+1;/p-1. The third-order valence-electron chi connectivity index (χ3n) is 2.74. The van der Waals surface area contributed by atoms with Gasteiger partial charge in [0, 0.05) is 10.8 Å². The largest absolute Gasteiger partial charge is 1.00 e. The summed E-state index contributed by atoms with van der Waals surface area (Å²) in [5.74, 6) is -0.224. The van der Waals surface area contributed by atoms with Gasteiger partial charge in [-0.1, -0.05) is 0 Å². The van der Waals surface area contributed by atoms with Crippen molar-refractivity contribution in [3.8, 4) is 0 Å². The maximum Gasteiger partial charge on any atom is 0.372 e. The van der Waals surface area contributed by atoms with Crippen molar-refractivity contribution < 1.29 is 31.1 Å². The number of nitrogens with zero attached hydrogens (tertiary/aromatic N) is 1. The van der Waals surface area contributed by atoms with Crippen LogP contribution in [0.4, 0.5) is 0 Å². The Balaban J connectivity index is 0.00000120. The van der Waals surface area contributed by atoms with Crippen LogP contribution in [0.5, 0.6) is 0 Å². The van der Waals surface area contributed by atoms with E-state index in [4.69, 9.17) is 4.74 Å². The Labute approximate surface area is 122 Å². The summed E-state index contributed by atoms with van der Waals surface area (Å²) in [6.45, 7) is 0.261. The second-order valence-electron chi connectivity index (χ2n) is 3.70. The summed E-state index contributed by atoms with van der Waals surface area (Å²) in [6, 6.07) is 2.12. The summed E-state index contributed by atoms with van der Waals surface area (Å²) in [5, 5.41) is 8.72. The minimum absolute atomic E-state index is 0. The molecule has 3 heterocycles. The highest BCUT2D eigenvalue weighted by atomic mass is 79.9. The first-order valence-electron chi connectivity index (χ1n) is 5.12. The maximum atomic E-state index is 11.4. The van der Waals surface area contributed by atoms with Gasteiger partial charge in [-0.25, -0.2) is 4.79 Å². The van der Waals surface area contributed by atoms with Gasteiger partial charge in [-0.2, -0.15) is 4.57 Å². The number of hydrogen-bond acceptors (Lipinski definition) is 4. The Morgan fingerprint density at radius 3 is 3.00 bits per heavy atom. The molecule has 0 amide bonds. The second-order valence-corrected chi connectivity index (χ2v) is 5.39. The zero-order chi connectivity index (χ0) is 11.8. The van der Waals surface area contributed by atoms with Gasteiger partial charge in [0.1, 0.15) is 0 Å². The number of aromatic nitrogens is 1. The zero-order valence-electron chi connectivity index (χ0n) is 9.55. The molecule has 3 aromatic rings. The van der Waals surface area contributed by atoms with E-state index < -0.39 is 0 Å². The van der Waals surface area contributed by atoms with Crippen molar-refractivity contribution in [2.24, 2.45) is 0 Å². The predicted octanol–water partition coefficient (Wildman–Crippen LogP) is -0.420. The fourth-order valence-corrected chi connectivity index (χ4v) is 3.59. The number of fused-ring (bicyclic) bond motifs is 3. The number of carbonyl (C=O) groups excluding carboxylic acids is 1. The molecule has 0 saturated heterocycles. The van der Waals surface area contributed by atoms with Gasteiger partial charge in [0.25, 0.3) is 0 Å². The Hall–Kier alpha value is -0.980. The van der Waals surface area contributed by atoms with Crippen molar-refractivity contribution in [2.45, 2.75) is 6.54 Å². The number of thiophene rings is 2. The molecular formula is C12H10BrNO2S2. The fourth-order valence-electron chi connectivity index (χ4n) is 1.90. The molecule has 18 heavy (non-hydrogen) atoms. The number of esters is 1. The van der Waals surface area contributed by atoms with Gasteiger partial charge in [0.2, 0.25) is 12.1 Å². The van der Waals surface area contributed by atoms with Crippen LogP contribution in [0.2, 0.25) is 0 Å². The molecule has 3 rings (SSSR count). The van der Waals surface area contributed by atoms with Crippen LogP contribution >= 0.6 is 22.7 Å². The number of carbonyl (C=O) groups is 1. The number of rotatable bonds is 2. The molecular weight excluding hydrogens is 334 g/mol. The average molecular weight is 344 g/mol. The molecule has 6 heteroatoms. The van der Waals surface area contributed by atoms with Gasteiger partial charge in [0.05, 0.1) is 22.6 Å². The lowest BCUT2D eigenvalue weighted by atomic mass is 10.2. The van der Waals surface area contributed by atoms with E-state index in [9.17, 15) is 4.79 Å². The molecule has 0 fully saturated rings. The Morgan fingerprint density at radius 1 is 1.39 bits per heavy atom. The minimum Gasteiger partial charge on any atom is -1.00 e. The van der Waals surface area contributed by atoms with Gasteiger partial charge < -0.3 is 21.7 Å². The van der Waals surface area contributed by atoms with E-state index in [1.807, 2.05) is 10.8 Å². The molecule has 0 aliphatic rings. The van der Waals surface area contributed by atoms with Gasteiger partial charge in [-0.05, 0) is 11.4 Å². The Morgan fingerprint density at radius 2 is 2.22 bits per heavy atom. The van der Waals surface area contributed by atoms with E-state index in [0.29, 0.717) is 0 Å². The van der Waals surface area contributed by atoms with E-state index >= 15 is 0 Å². The van der Waals surface area contributed by atoms with E-state index in [0.717, 1.165) is 5.52 Å². The summed E-state index contributed by atoms with van der Waals surface area (Å²) >= 11 is 3.34. The first-order chi connectivity index (χ1) is 8.29. The van der Waals surface area contributed by atoms with E-state index in [2.05, 4.69) is 22.2 Å². The van der Waals surface area contributed by atoms with Crippen LogP contribution in [0.15, 0.2) is 28.4 Å². The lowest BCUT2D eigenvalue weighted by molar-refractivity contribution is -0.658. The quantitative estimate of drug-likeness (QED) is 0.467. The minimum atomic E-state index is -0.224. The normalized spacial score (nSPS) is 10.5. The molecule has 0 N–H and O–H groups in total. The van der Waals surface area contributed by atoms with Crippen LogP contribution in [0.3, 0.4) is 0 Å². The molecule has 0 aromatic carbocycles. The molecule has 0 spiro atoms. The topological polar surface area (TPSA) is 30.2 Å². The molecule has 0 saturated carbocycles. The van der Waals surface area contributed by atoms with Crippen LogP contribution in [-0.4, -0.2) is 13.1 Å². The molecule has 0 atom stereocenters. The smallest absolute Gasteiger partial charge is 0.372 e. The number of methoxy groups -OCH3 is 1. The van der Waals surface area contributed by atoms with Gasteiger partial charge >= 0.3 is 5.97 Å². The average Bonchev–Trinajstić information content (AvgIpc) is 2.95. The second kappa shape index (κ2) is 5.34. The summed E-state index contributed by atoms with van der Waals surface area (Å²) in [4.78, 5) is 11.4. The van der Waals surface area contributed by atoms with E-state index in [1.165, 1.54) is 22.6 Å². The van der Waals surface area contributed by atoms with Gasteiger partial charge in [-0.3, -0.25) is 0 Å². The van der Waals surface area contributed by atoms with Gasteiger partial charge in [-0.15, -0.1) is 22.7 Å². The third kappa shape index (κ3) is 2.15. The van der Waals surface area contributed by atoms with Crippen LogP contribution in [0.25, 0.3) is 21.0 Å². The number of ether oxygens (including phenoxy) is 1. The SMILES string of the molecule is COC(=O)C[n+]1cc2sccc2c2cscc21.[Br-]. The van der Waals surface area contributed by atoms with Crippen molar-refractivity contribution in [3.05, 3.63) is 28.4 Å². The zero-order valence-corrected chi connectivity index (χ0v) is 12.8. The molecule has 0 unspecified atom stereocenters. The highest BCUT2D eigenvalue weighted by Crippen LogP contribution is 2.28. The predicted molar refractivity (Wildman–Crippen MR) is 69.4 cm³/mol. The highest BCUT2D eigenvalue weighted by Gasteiger charge is 2.18. The monoisotopic (exact) mass is 343 g/mol. The first-order valence-corrected chi connectivity index (χ1v) is 6.94. The lowest BCUT2D eigenvalue weighted by Gasteiger charge is -1.98. The number of hydrogen-bond donors (Lipinski definition) is 0. The van der Waals surface area contributed by atoms with Crippen LogP contribution in [-0.2, 0) is 16.1 Å². The first kappa shape index (κ1) is 13.5. The van der Waals surface area contributed by atoms with Crippen molar-refractivity contribution >= 4 is 49.6 Å². The molecule has 0 radical (unpaired) electrons. The molecule has 3 aromatic heterocycles. The Kier molecular flexibility index (Phi) is 3.99. The Bertz CT molecular complexity index is 704. The summed E-state index contributed by atoms with van der Waals surface area (Å²) in [7, 11) is 1.41. The van der Waals surface area contributed by atoms with Crippen molar-refractivity contribution in [2.75, 3.05) is 7.11 Å². The maximum absolute atomic E-state index is 11.4. The fraction of sp³-hybridized carbons (Fsp3) is 0.167. The molecule has 0 bridgehead atoms.